The molecule has 3 aromatic rings. The third-order valence-electron chi connectivity index (χ3n) is 3.25. The molecule has 0 aliphatic rings. The molecular formula is C16H8ClF3N4O. The van der Waals surface area contributed by atoms with Gasteiger partial charge in [0.15, 0.2) is 5.69 Å². The van der Waals surface area contributed by atoms with E-state index in [1.807, 2.05) is 6.07 Å². The SMILES string of the molecule is N#Cc1n[nH]nc1-c1cc(OC(F)(F)F)cc(-c2ccccc2Cl)c1. The molecule has 0 aliphatic heterocycles. The Bertz CT molecular complexity index is 942. The Morgan fingerprint density at radius 1 is 1.08 bits per heavy atom. The molecular weight excluding hydrogens is 357 g/mol. The standard InChI is InChI=1S/C16H8ClF3N4O/c17-13-4-2-1-3-12(13)9-5-10(15-14(8-21)22-24-23-15)7-11(6-9)25-16(18,19)20/h1-7H,(H,22,23,24). The zero-order valence-electron chi connectivity index (χ0n) is 12.3. The highest BCUT2D eigenvalue weighted by Gasteiger charge is 2.31. The third kappa shape index (κ3) is 3.72. The van der Waals surface area contributed by atoms with Crippen LogP contribution in [-0.4, -0.2) is 21.8 Å². The van der Waals surface area contributed by atoms with Crippen LogP contribution in [0.25, 0.3) is 22.4 Å². The van der Waals surface area contributed by atoms with Crippen LogP contribution < -0.4 is 4.74 Å². The molecule has 5 nitrogen and oxygen atoms in total. The van der Waals surface area contributed by atoms with E-state index >= 15 is 0 Å². The zero-order valence-corrected chi connectivity index (χ0v) is 13.1. The van der Waals surface area contributed by atoms with Crippen LogP contribution in [0.1, 0.15) is 5.69 Å². The summed E-state index contributed by atoms with van der Waals surface area (Å²) in [5.41, 5.74) is 1.20. The van der Waals surface area contributed by atoms with Gasteiger partial charge in [0.25, 0.3) is 0 Å². The molecule has 25 heavy (non-hydrogen) atoms. The molecule has 1 heterocycles. The molecule has 0 bridgehead atoms. The monoisotopic (exact) mass is 364 g/mol. The maximum Gasteiger partial charge on any atom is 0.573 e. The van der Waals surface area contributed by atoms with Crippen LogP contribution in [0.5, 0.6) is 5.75 Å². The number of hydrogen-bond donors (Lipinski definition) is 1. The Balaban J connectivity index is 2.19. The molecule has 0 unspecified atom stereocenters. The summed E-state index contributed by atoms with van der Waals surface area (Å²) in [4.78, 5) is 0. The van der Waals surface area contributed by atoms with Crippen LogP contribution in [0, 0.1) is 11.3 Å². The minimum absolute atomic E-state index is 0.0470. The quantitative estimate of drug-likeness (QED) is 0.739. The van der Waals surface area contributed by atoms with Gasteiger partial charge in [-0.15, -0.1) is 18.3 Å². The smallest absolute Gasteiger partial charge is 0.406 e. The van der Waals surface area contributed by atoms with Gasteiger partial charge in [-0.3, -0.25) is 0 Å². The molecule has 0 radical (unpaired) electrons. The average Bonchev–Trinajstić information content (AvgIpc) is 3.02. The van der Waals surface area contributed by atoms with E-state index in [0.29, 0.717) is 16.1 Å². The average molecular weight is 365 g/mol. The number of H-pyrrole nitrogens is 1. The first kappa shape index (κ1) is 16.8. The van der Waals surface area contributed by atoms with Gasteiger partial charge in [-0.05, 0) is 29.8 Å². The molecule has 1 N–H and O–H groups in total. The van der Waals surface area contributed by atoms with Crippen molar-refractivity contribution in [3.05, 3.63) is 53.2 Å². The first-order chi connectivity index (χ1) is 11.9. The van der Waals surface area contributed by atoms with Gasteiger partial charge in [0.1, 0.15) is 17.5 Å². The van der Waals surface area contributed by atoms with E-state index in [1.54, 1.807) is 30.3 Å². The van der Waals surface area contributed by atoms with Crippen LogP contribution in [0.15, 0.2) is 42.5 Å². The van der Waals surface area contributed by atoms with Crippen molar-refractivity contribution in [2.24, 2.45) is 0 Å². The van der Waals surface area contributed by atoms with E-state index < -0.39 is 12.1 Å². The van der Waals surface area contributed by atoms with Crippen molar-refractivity contribution in [3.63, 3.8) is 0 Å². The summed E-state index contributed by atoms with van der Waals surface area (Å²) in [6.45, 7) is 0. The number of nitrogens with zero attached hydrogens (tertiary/aromatic N) is 3. The fraction of sp³-hybridized carbons (Fsp3) is 0.0625. The van der Waals surface area contributed by atoms with Crippen molar-refractivity contribution in [3.8, 4) is 34.2 Å². The maximum atomic E-state index is 12.6. The van der Waals surface area contributed by atoms with E-state index in [9.17, 15) is 13.2 Å². The first-order valence-electron chi connectivity index (χ1n) is 6.84. The van der Waals surface area contributed by atoms with Gasteiger partial charge in [0.2, 0.25) is 0 Å². The highest BCUT2D eigenvalue weighted by molar-refractivity contribution is 6.33. The maximum absolute atomic E-state index is 12.6. The second kappa shape index (κ2) is 6.45. The van der Waals surface area contributed by atoms with Crippen LogP contribution in [-0.2, 0) is 0 Å². The van der Waals surface area contributed by atoms with Crippen molar-refractivity contribution >= 4 is 11.6 Å². The molecule has 0 atom stereocenters. The molecule has 9 heteroatoms. The Morgan fingerprint density at radius 2 is 1.80 bits per heavy atom. The summed E-state index contributed by atoms with van der Waals surface area (Å²) in [5, 5.41) is 19.2. The molecule has 0 saturated heterocycles. The number of halogens is 4. The second-order valence-electron chi connectivity index (χ2n) is 4.91. The van der Waals surface area contributed by atoms with Crippen LogP contribution in [0.2, 0.25) is 5.02 Å². The number of alkyl halides is 3. The van der Waals surface area contributed by atoms with Gasteiger partial charge in [-0.1, -0.05) is 29.8 Å². The lowest BCUT2D eigenvalue weighted by Crippen LogP contribution is -2.17. The Labute approximate surface area is 144 Å². The van der Waals surface area contributed by atoms with E-state index in [2.05, 4.69) is 20.1 Å². The number of nitrogens with one attached hydrogen (secondary N) is 1. The molecule has 126 valence electrons. The van der Waals surface area contributed by atoms with Crippen molar-refractivity contribution < 1.29 is 17.9 Å². The molecule has 2 aromatic carbocycles. The van der Waals surface area contributed by atoms with Gasteiger partial charge in [0, 0.05) is 16.1 Å². The summed E-state index contributed by atoms with van der Waals surface area (Å²) in [6.07, 6.45) is -4.86. The molecule has 0 spiro atoms. The molecule has 0 fully saturated rings. The number of aromatic amines is 1. The molecule has 0 saturated carbocycles. The summed E-state index contributed by atoms with van der Waals surface area (Å²) in [6, 6.07) is 12.4. The number of rotatable bonds is 3. The molecule has 1 aromatic heterocycles. The van der Waals surface area contributed by atoms with Crippen molar-refractivity contribution in [2.45, 2.75) is 6.36 Å². The number of benzene rings is 2. The Kier molecular flexibility index (Phi) is 4.33. The fourth-order valence-electron chi connectivity index (χ4n) is 2.29. The van der Waals surface area contributed by atoms with Gasteiger partial charge in [0.05, 0.1) is 0 Å². The third-order valence-corrected chi connectivity index (χ3v) is 3.58. The largest absolute Gasteiger partial charge is 0.573 e. The lowest BCUT2D eigenvalue weighted by atomic mass is 10.0. The van der Waals surface area contributed by atoms with Gasteiger partial charge in [-0.25, -0.2) is 0 Å². The predicted octanol–water partition coefficient (Wildman–Crippen LogP) is 4.56. The number of nitriles is 1. The Morgan fingerprint density at radius 3 is 2.48 bits per heavy atom. The fourth-order valence-corrected chi connectivity index (χ4v) is 2.53. The van der Waals surface area contributed by atoms with Gasteiger partial charge < -0.3 is 4.74 Å². The summed E-state index contributed by atoms with van der Waals surface area (Å²) >= 11 is 6.13. The van der Waals surface area contributed by atoms with Crippen LogP contribution in [0.4, 0.5) is 13.2 Å². The van der Waals surface area contributed by atoms with E-state index in [1.165, 1.54) is 6.07 Å². The number of aromatic nitrogens is 3. The predicted molar refractivity (Wildman–Crippen MR) is 83.7 cm³/mol. The highest BCUT2D eigenvalue weighted by Crippen LogP contribution is 2.36. The lowest BCUT2D eigenvalue weighted by molar-refractivity contribution is -0.274. The van der Waals surface area contributed by atoms with Crippen molar-refractivity contribution in [1.82, 2.24) is 15.4 Å². The second-order valence-corrected chi connectivity index (χ2v) is 5.31. The Hall–Kier alpha value is -3.05. The summed E-state index contributed by atoms with van der Waals surface area (Å²) < 4.78 is 42.0. The zero-order chi connectivity index (χ0) is 18.0. The summed E-state index contributed by atoms with van der Waals surface area (Å²) in [5.74, 6) is -0.452. The van der Waals surface area contributed by atoms with Gasteiger partial charge in [-0.2, -0.15) is 15.6 Å². The summed E-state index contributed by atoms with van der Waals surface area (Å²) in [7, 11) is 0. The molecule has 0 aliphatic carbocycles. The van der Waals surface area contributed by atoms with Crippen LogP contribution >= 0.6 is 11.6 Å². The topological polar surface area (TPSA) is 74.6 Å². The first-order valence-corrected chi connectivity index (χ1v) is 7.22. The van der Waals surface area contributed by atoms with Gasteiger partial charge >= 0.3 is 6.36 Å². The lowest BCUT2D eigenvalue weighted by Gasteiger charge is -2.13. The minimum Gasteiger partial charge on any atom is -0.406 e. The number of hydrogen-bond acceptors (Lipinski definition) is 4. The molecule has 0 amide bonds. The van der Waals surface area contributed by atoms with E-state index in [-0.39, 0.29) is 17.0 Å². The normalized spacial score (nSPS) is 11.2. The molecule has 3 rings (SSSR count). The van der Waals surface area contributed by atoms with E-state index in [4.69, 9.17) is 16.9 Å². The van der Waals surface area contributed by atoms with Crippen LogP contribution in [0.3, 0.4) is 0 Å². The van der Waals surface area contributed by atoms with E-state index in [0.717, 1.165) is 6.07 Å². The van der Waals surface area contributed by atoms with Crippen molar-refractivity contribution in [2.75, 3.05) is 0 Å². The highest BCUT2D eigenvalue weighted by atomic mass is 35.5. The van der Waals surface area contributed by atoms with Crippen molar-refractivity contribution in [1.29, 1.82) is 5.26 Å². The number of ether oxygens (including phenoxy) is 1. The minimum atomic E-state index is -4.86.